The van der Waals surface area contributed by atoms with Gasteiger partial charge in [0.25, 0.3) is 0 Å². The molecule has 3 nitrogen and oxygen atoms in total. The molecule has 1 heterocycles. The van der Waals surface area contributed by atoms with E-state index in [9.17, 15) is 9.90 Å². The number of pyridine rings is 1. The van der Waals surface area contributed by atoms with Crippen LogP contribution in [0.4, 0.5) is 0 Å². The number of carbonyl (C=O) groups excluding carboxylic acids is 1. The first kappa shape index (κ1) is 20.4. The van der Waals surface area contributed by atoms with E-state index in [1.807, 2.05) is 18.5 Å². The minimum absolute atomic E-state index is 0.0549. The Labute approximate surface area is 181 Å². The standard InChI is InChI=1S/C27H37NO2/c1-23-12-13-25(3)21(15-22(30)26(4)16-19(29)8-11-27(25,26)5)24(23,2)10-9-20(23)18-7-6-14-28-17-18/h6-7,9,14,17,19,21,29H,8,10-13,15-16H2,1-5H3/t19-,21-,23+,24-,25-,26+,27+/m0/s1. The Kier molecular flexibility index (Phi) is 4.12. The Morgan fingerprint density at radius 3 is 2.50 bits per heavy atom. The molecule has 0 bridgehead atoms. The van der Waals surface area contributed by atoms with Crippen molar-refractivity contribution >= 4 is 11.4 Å². The Morgan fingerprint density at radius 2 is 1.80 bits per heavy atom. The van der Waals surface area contributed by atoms with Crippen LogP contribution in [0.2, 0.25) is 0 Å². The second-order valence-corrected chi connectivity index (χ2v) is 12.0. The van der Waals surface area contributed by atoms with Crippen LogP contribution in [-0.2, 0) is 4.79 Å². The highest BCUT2D eigenvalue weighted by atomic mass is 16.3. The van der Waals surface area contributed by atoms with Crippen LogP contribution in [0.15, 0.2) is 30.6 Å². The number of Topliss-reactive ketones (excluding diaryl/α,β-unsaturated/α-hetero) is 1. The van der Waals surface area contributed by atoms with Gasteiger partial charge in [-0.3, -0.25) is 9.78 Å². The molecular weight excluding hydrogens is 370 g/mol. The molecule has 0 amide bonds. The lowest BCUT2D eigenvalue weighted by Gasteiger charge is -2.71. The van der Waals surface area contributed by atoms with E-state index in [0.29, 0.717) is 24.5 Å². The highest BCUT2D eigenvalue weighted by molar-refractivity contribution is 5.88. The number of hydrogen-bond acceptors (Lipinski definition) is 3. The minimum atomic E-state index is -0.405. The number of aliphatic hydroxyl groups excluding tert-OH is 1. The van der Waals surface area contributed by atoms with E-state index in [1.165, 1.54) is 11.1 Å². The molecule has 0 aliphatic heterocycles. The summed E-state index contributed by atoms with van der Waals surface area (Å²) in [5.41, 5.74) is 2.47. The molecule has 3 saturated carbocycles. The second-order valence-electron chi connectivity index (χ2n) is 12.0. The van der Waals surface area contributed by atoms with E-state index in [2.05, 4.69) is 51.7 Å². The molecule has 30 heavy (non-hydrogen) atoms. The maximum atomic E-state index is 13.7. The van der Waals surface area contributed by atoms with Gasteiger partial charge in [-0.15, -0.1) is 0 Å². The molecule has 162 valence electrons. The largest absolute Gasteiger partial charge is 0.393 e. The molecule has 0 radical (unpaired) electrons. The van der Waals surface area contributed by atoms with Crippen molar-refractivity contribution in [1.29, 1.82) is 0 Å². The highest BCUT2D eigenvalue weighted by Gasteiger charge is 2.73. The van der Waals surface area contributed by atoms with Gasteiger partial charge in [-0.1, -0.05) is 46.8 Å². The van der Waals surface area contributed by atoms with Crippen molar-refractivity contribution in [2.24, 2.45) is 33.0 Å². The molecule has 1 aromatic rings. The maximum absolute atomic E-state index is 13.7. The quantitative estimate of drug-likeness (QED) is 0.637. The Bertz CT molecular complexity index is 924. The first-order chi connectivity index (χ1) is 14.0. The van der Waals surface area contributed by atoms with Gasteiger partial charge in [-0.2, -0.15) is 0 Å². The summed E-state index contributed by atoms with van der Waals surface area (Å²) in [5.74, 6) is 0.765. The molecule has 3 fully saturated rings. The van der Waals surface area contributed by atoms with Crippen molar-refractivity contribution in [3.8, 4) is 0 Å². The van der Waals surface area contributed by atoms with Crippen molar-refractivity contribution in [2.45, 2.75) is 85.7 Å². The topological polar surface area (TPSA) is 50.2 Å². The van der Waals surface area contributed by atoms with Crippen LogP contribution >= 0.6 is 0 Å². The van der Waals surface area contributed by atoms with Crippen molar-refractivity contribution in [3.63, 3.8) is 0 Å². The lowest BCUT2D eigenvalue weighted by atomic mass is 9.32. The van der Waals surface area contributed by atoms with E-state index in [0.717, 1.165) is 32.1 Å². The predicted octanol–water partition coefficient (Wildman–Crippen LogP) is 5.83. The Morgan fingerprint density at radius 1 is 1.03 bits per heavy atom. The first-order valence-corrected chi connectivity index (χ1v) is 11.8. The molecule has 1 aromatic heterocycles. The SMILES string of the molecule is C[C@]12CC[C@H](O)C[C@]1(C)C(=O)C[C@@H]1[C@]2(C)CC[C@]2(C)C(c3cccnc3)=CC[C@@]12C. The Balaban J connectivity index is 1.60. The van der Waals surface area contributed by atoms with Crippen molar-refractivity contribution in [1.82, 2.24) is 4.98 Å². The molecule has 0 unspecified atom stereocenters. The van der Waals surface area contributed by atoms with Crippen molar-refractivity contribution in [2.75, 3.05) is 0 Å². The summed E-state index contributed by atoms with van der Waals surface area (Å²) < 4.78 is 0. The van der Waals surface area contributed by atoms with Crippen LogP contribution in [0.5, 0.6) is 0 Å². The first-order valence-electron chi connectivity index (χ1n) is 11.8. The van der Waals surface area contributed by atoms with Crippen LogP contribution in [0.25, 0.3) is 5.57 Å². The van der Waals surface area contributed by atoms with Gasteiger partial charge in [-0.05, 0) is 83.3 Å². The van der Waals surface area contributed by atoms with Gasteiger partial charge in [0.15, 0.2) is 0 Å². The number of fused-ring (bicyclic) bond motifs is 5. The molecule has 0 spiro atoms. The average Bonchev–Trinajstić information content (AvgIpc) is 2.99. The fourth-order valence-electron chi connectivity index (χ4n) is 8.75. The summed E-state index contributed by atoms with van der Waals surface area (Å²) >= 11 is 0. The van der Waals surface area contributed by atoms with Crippen LogP contribution in [-0.4, -0.2) is 22.0 Å². The number of nitrogens with zero attached hydrogens (tertiary/aromatic N) is 1. The number of aliphatic hydroxyl groups is 1. The van der Waals surface area contributed by atoms with Crippen LogP contribution in [0, 0.1) is 33.0 Å². The number of hydrogen-bond donors (Lipinski definition) is 1. The molecule has 3 heteroatoms. The van der Waals surface area contributed by atoms with E-state index in [-0.39, 0.29) is 27.8 Å². The third-order valence-corrected chi connectivity index (χ3v) is 11.3. The van der Waals surface area contributed by atoms with Gasteiger partial charge in [0.2, 0.25) is 0 Å². The normalized spacial score (nSPS) is 50.3. The number of ketones is 1. The molecule has 5 rings (SSSR count). The molecule has 7 atom stereocenters. The molecular formula is C27H37NO2. The Hall–Kier alpha value is -1.48. The van der Waals surface area contributed by atoms with E-state index >= 15 is 0 Å². The predicted molar refractivity (Wildman–Crippen MR) is 120 cm³/mol. The van der Waals surface area contributed by atoms with Crippen molar-refractivity contribution < 1.29 is 9.90 Å². The fraction of sp³-hybridized carbons (Fsp3) is 0.704. The summed E-state index contributed by atoms with van der Waals surface area (Å²) in [7, 11) is 0. The zero-order valence-corrected chi connectivity index (χ0v) is 19.3. The third-order valence-electron chi connectivity index (χ3n) is 11.3. The summed E-state index contributed by atoms with van der Waals surface area (Å²) in [5, 5.41) is 10.5. The summed E-state index contributed by atoms with van der Waals surface area (Å²) in [6.07, 6.45) is 12.4. The number of aromatic nitrogens is 1. The summed E-state index contributed by atoms with van der Waals surface area (Å²) in [6.45, 7) is 12.0. The van der Waals surface area contributed by atoms with Gasteiger partial charge < -0.3 is 5.11 Å². The summed E-state index contributed by atoms with van der Waals surface area (Å²) in [6, 6.07) is 4.22. The maximum Gasteiger partial charge on any atom is 0.139 e. The molecule has 0 saturated heterocycles. The molecule has 0 aromatic carbocycles. The highest BCUT2D eigenvalue weighted by Crippen LogP contribution is 2.78. The average molecular weight is 408 g/mol. The van der Waals surface area contributed by atoms with Gasteiger partial charge >= 0.3 is 0 Å². The van der Waals surface area contributed by atoms with Gasteiger partial charge in [-0.25, -0.2) is 0 Å². The zero-order chi connectivity index (χ0) is 21.6. The van der Waals surface area contributed by atoms with E-state index < -0.39 is 5.41 Å². The van der Waals surface area contributed by atoms with Gasteiger partial charge in [0, 0.05) is 24.2 Å². The number of rotatable bonds is 1. The van der Waals surface area contributed by atoms with E-state index in [1.54, 1.807) is 0 Å². The van der Waals surface area contributed by atoms with Crippen LogP contribution in [0.3, 0.4) is 0 Å². The molecule has 4 aliphatic carbocycles. The number of allylic oxidation sites excluding steroid dienone is 2. The van der Waals surface area contributed by atoms with E-state index in [4.69, 9.17) is 0 Å². The molecule has 1 N–H and O–H groups in total. The van der Waals surface area contributed by atoms with Gasteiger partial charge in [0.05, 0.1) is 6.10 Å². The third kappa shape index (κ3) is 2.16. The smallest absolute Gasteiger partial charge is 0.139 e. The van der Waals surface area contributed by atoms with Gasteiger partial charge in [0.1, 0.15) is 5.78 Å². The second kappa shape index (κ2) is 6.06. The lowest BCUT2D eigenvalue weighted by Crippen LogP contribution is -2.68. The van der Waals surface area contributed by atoms with Crippen molar-refractivity contribution in [3.05, 3.63) is 36.2 Å². The van der Waals surface area contributed by atoms with Crippen LogP contribution in [0.1, 0.15) is 85.1 Å². The monoisotopic (exact) mass is 407 g/mol. The lowest BCUT2D eigenvalue weighted by molar-refractivity contribution is -0.226. The van der Waals surface area contributed by atoms with Crippen LogP contribution < -0.4 is 0 Å². The molecule has 4 aliphatic rings. The minimum Gasteiger partial charge on any atom is -0.393 e. The summed E-state index contributed by atoms with van der Waals surface area (Å²) in [4.78, 5) is 18.1. The number of carbonyl (C=O) groups is 1. The fourth-order valence-corrected chi connectivity index (χ4v) is 8.75. The zero-order valence-electron chi connectivity index (χ0n) is 19.3.